The van der Waals surface area contributed by atoms with E-state index in [0.29, 0.717) is 16.6 Å². The Labute approximate surface area is 201 Å². The fourth-order valence-electron chi connectivity index (χ4n) is 3.94. The zero-order valence-corrected chi connectivity index (χ0v) is 23.0. The first-order valence-corrected chi connectivity index (χ1v) is 13.5. The first-order valence-electron chi connectivity index (χ1n) is 11.7. The van der Waals surface area contributed by atoms with Crippen LogP contribution in [0.15, 0.2) is 34.1 Å². The molecular weight excluding hydrogens is 436 g/mol. The van der Waals surface area contributed by atoms with Crippen LogP contribution in [-0.4, -0.2) is 8.42 Å². The summed E-state index contributed by atoms with van der Waals surface area (Å²) in [5, 5.41) is 0. The van der Waals surface area contributed by atoms with Crippen molar-refractivity contribution < 1.29 is 12.6 Å². The molecular formula is C27H40O3S2. The van der Waals surface area contributed by atoms with Gasteiger partial charge >= 0.3 is 10.1 Å². The van der Waals surface area contributed by atoms with Gasteiger partial charge in [-0.15, -0.1) is 12.6 Å². The first kappa shape index (κ1) is 26.8. The van der Waals surface area contributed by atoms with E-state index in [0.717, 1.165) is 32.7 Å². The Morgan fingerprint density at radius 2 is 1.00 bits per heavy atom. The fourth-order valence-corrected chi connectivity index (χ4v) is 5.88. The molecule has 2 rings (SSSR count). The molecule has 2 aromatic rings. The van der Waals surface area contributed by atoms with Gasteiger partial charge in [-0.1, -0.05) is 81.4 Å². The standard InChI is InChI=1S/C27H40O3S2/c1-15(2)20-11-24(18(7)8)27(25(12-20)19(9)10)32(28,29)30-26-22(16(3)4)13-21(31)14-23(26)17(5)6/h11-19,31H,1-10H3. The molecule has 32 heavy (non-hydrogen) atoms. The van der Waals surface area contributed by atoms with Crippen molar-refractivity contribution in [2.75, 3.05) is 0 Å². The lowest BCUT2D eigenvalue weighted by molar-refractivity contribution is 0.472. The van der Waals surface area contributed by atoms with Crippen molar-refractivity contribution in [2.45, 2.75) is 109 Å². The Hall–Kier alpha value is -1.46. The predicted octanol–water partition coefficient (Wildman–Crippen LogP) is 8.36. The van der Waals surface area contributed by atoms with E-state index in [1.807, 2.05) is 79.7 Å². The Morgan fingerprint density at radius 1 is 0.625 bits per heavy atom. The molecule has 0 aromatic heterocycles. The van der Waals surface area contributed by atoms with Crippen LogP contribution in [0.2, 0.25) is 0 Å². The average Bonchev–Trinajstić information content (AvgIpc) is 2.67. The molecule has 0 bridgehead atoms. The van der Waals surface area contributed by atoms with Gasteiger partial charge < -0.3 is 4.18 Å². The van der Waals surface area contributed by atoms with Crippen molar-refractivity contribution >= 4 is 22.7 Å². The molecule has 0 aliphatic carbocycles. The van der Waals surface area contributed by atoms with Gasteiger partial charge in [0.1, 0.15) is 10.6 Å². The van der Waals surface area contributed by atoms with Crippen LogP contribution < -0.4 is 4.18 Å². The summed E-state index contributed by atoms with van der Waals surface area (Å²) in [7, 11) is -4.06. The van der Waals surface area contributed by atoms with Gasteiger partial charge in [0.2, 0.25) is 0 Å². The molecule has 0 amide bonds. The molecule has 0 saturated carbocycles. The smallest absolute Gasteiger partial charge is 0.339 e. The molecule has 3 nitrogen and oxygen atoms in total. The third-order valence-corrected chi connectivity index (χ3v) is 7.51. The third kappa shape index (κ3) is 5.72. The van der Waals surface area contributed by atoms with E-state index >= 15 is 0 Å². The van der Waals surface area contributed by atoms with Gasteiger partial charge in [0.15, 0.2) is 0 Å². The fraction of sp³-hybridized carbons (Fsp3) is 0.556. The summed E-state index contributed by atoms with van der Waals surface area (Å²) in [5.74, 6) is 1.06. The Kier molecular flexibility index (Phi) is 8.55. The van der Waals surface area contributed by atoms with Crippen molar-refractivity contribution in [3.63, 3.8) is 0 Å². The number of hydrogen-bond donors (Lipinski definition) is 1. The molecule has 0 fully saturated rings. The van der Waals surface area contributed by atoms with E-state index in [1.165, 1.54) is 0 Å². The lowest BCUT2D eigenvalue weighted by atomic mass is 9.89. The van der Waals surface area contributed by atoms with E-state index in [1.54, 1.807) is 0 Å². The lowest BCUT2D eigenvalue weighted by Crippen LogP contribution is -2.19. The van der Waals surface area contributed by atoms with E-state index in [-0.39, 0.29) is 23.7 Å². The molecule has 178 valence electrons. The van der Waals surface area contributed by atoms with E-state index in [4.69, 9.17) is 4.18 Å². The summed E-state index contributed by atoms with van der Waals surface area (Å²) in [6, 6.07) is 7.92. The minimum atomic E-state index is -4.06. The molecule has 2 aromatic carbocycles. The second kappa shape index (κ2) is 10.2. The molecule has 0 aliphatic heterocycles. The van der Waals surface area contributed by atoms with Gasteiger partial charge in [-0.25, -0.2) is 0 Å². The first-order chi connectivity index (χ1) is 14.7. The number of hydrogen-bond acceptors (Lipinski definition) is 4. The summed E-state index contributed by atoms with van der Waals surface area (Å²) in [6.45, 7) is 20.6. The third-order valence-electron chi connectivity index (χ3n) is 5.90. The number of rotatable bonds is 8. The van der Waals surface area contributed by atoms with E-state index in [9.17, 15) is 8.42 Å². The highest BCUT2D eigenvalue weighted by atomic mass is 32.2. The summed E-state index contributed by atoms with van der Waals surface area (Å²) in [6.07, 6.45) is 0. The Bertz CT molecular complexity index is 1000. The summed E-state index contributed by atoms with van der Waals surface area (Å²) < 4.78 is 33.9. The quantitative estimate of drug-likeness (QED) is 0.307. The highest BCUT2D eigenvalue weighted by Gasteiger charge is 2.31. The van der Waals surface area contributed by atoms with Crippen molar-refractivity contribution in [1.29, 1.82) is 0 Å². The Balaban J connectivity index is 2.84. The predicted molar refractivity (Wildman–Crippen MR) is 138 cm³/mol. The maximum Gasteiger partial charge on any atom is 0.339 e. The largest absolute Gasteiger partial charge is 0.378 e. The molecule has 0 N–H and O–H groups in total. The summed E-state index contributed by atoms with van der Waals surface area (Å²) in [5.41, 5.74) is 4.52. The van der Waals surface area contributed by atoms with Gasteiger partial charge in [-0.3, -0.25) is 0 Å². The van der Waals surface area contributed by atoms with E-state index in [2.05, 4.69) is 26.5 Å². The van der Waals surface area contributed by atoms with Crippen LogP contribution in [0.3, 0.4) is 0 Å². The van der Waals surface area contributed by atoms with E-state index < -0.39 is 10.1 Å². The summed E-state index contributed by atoms with van der Waals surface area (Å²) >= 11 is 4.55. The minimum Gasteiger partial charge on any atom is -0.378 e. The van der Waals surface area contributed by atoms with Crippen LogP contribution in [0.1, 0.15) is 127 Å². The van der Waals surface area contributed by atoms with Crippen molar-refractivity contribution in [2.24, 2.45) is 0 Å². The molecule has 0 atom stereocenters. The molecule has 0 unspecified atom stereocenters. The topological polar surface area (TPSA) is 43.4 Å². The highest BCUT2D eigenvalue weighted by Crippen LogP contribution is 2.41. The lowest BCUT2D eigenvalue weighted by Gasteiger charge is -2.25. The second-order valence-electron chi connectivity index (χ2n) is 10.3. The van der Waals surface area contributed by atoms with Gasteiger partial charge in [0.05, 0.1) is 0 Å². The van der Waals surface area contributed by atoms with Gasteiger partial charge in [-0.2, -0.15) is 8.42 Å². The van der Waals surface area contributed by atoms with Crippen LogP contribution in [0.4, 0.5) is 0 Å². The zero-order valence-electron chi connectivity index (χ0n) is 21.3. The molecule has 5 heteroatoms. The van der Waals surface area contributed by atoms with Crippen LogP contribution in [0.5, 0.6) is 5.75 Å². The van der Waals surface area contributed by atoms with Crippen molar-refractivity contribution in [3.8, 4) is 5.75 Å². The van der Waals surface area contributed by atoms with Crippen LogP contribution in [0.25, 0.3) is 0 Å². The zero-order chi connectivity index (χ0) is 24.5. The molecule has 0 saturated heterocycles. The van der Waals surface area contributed by atoms with Crippen molar-refractivity contribution in [1.82, 2.24) is 0 Å². The van der Waals surface area contributed by atoms with Crippen LogP contribution in [0, 0.1) is 0 Å². The average molecular weight is 477 g/mol. The van der Waals surface area contributed by atoms with Gasteiger partial charge in [-0.05, 0) is 69.5 Å². The molecule has 0 radical (unpaired) electrons. The molecule has 0 aliphatic rings. The second-order valence-corrected chi connectivity index (χ2v) is 12.3. The SMILES string of the molecule is CC(C)c1cc(C(C)C)c(S(=O)(=O)Oc2c(C(C)C)cc(S)cc2C(C)C)c(C(C)C)c1. The highest BCUT2D eigenvalue weighted by molar-refractivity contribution is 7.87. The maximum absolute atomic E-state index is 13.9. The van der Waals surface area contributed by atoms with Gasteiger partial charge in [0, 0.05) is 4.90 Å². The number of benzene rings is 2. The molecule has 0 spiro atoms. The van der Waals surface area contributed by atoms with Crippen LogP contribution >= 0.6 is 12.6 Å². The maximum atomic E-state index is 13.9. The monoisotopic (exact) mass is 476 g/mol. The van der Waals surface area contributed by atoms with Crippen LogP contribution in [-0.2, 0) is 10.1 Å². The normalized spacial score (nSPS) is 12.6. The number of thiol groups is 1. The Morgan fingerprint density at radius 3 is 1.31 bits per heavy atom. The molecule has 0 heterocycles. The van der Waals surface area contributed by atoms with Crippen molar-refractivity contribution in [3.05, 3.63) is 52.1 Å². The summed E-state index contributed by atoms with van der Waals surface area (Å²) in [4.78, 5) is 1.14. The minimum absolute atomic E-state index is 0.0496. The van der Waals surface area contributed by atoms with Gasteiger partial charge in [0.25, 0.3) is 0 Å².